The van der Waals surface area contributed by atoms with Crippen molar-refractivity contribution in [1.82, 2.24) is 4.90 Å². The quantitative estimate of drug-likeness (QED) is 0.929. The number of alkyl halides is 3. The minimum absolute atomic E-state index is 0.204. The number of carbonyl (C=O) groups is 1. The Morgan fingerprint density at radius 1 is 1.41 bits per heavy atom. The number of hydrogen-bond donors (Lipinski definition) is 1. The fourth-order valence-corrected chi connectivity index (χ4v) is 2.73. The van der Waals surface area contributed by atoms with Gasteiger partial charge in [-0.05, 0) is 49.9 Å². The van der Waals surface area contributed by atoms with Gasteiger partial charge < -0.3 is 15.4 Å². The average molecular weight is 316 g/mol. The lowest BCUT2D eigenvalue weighted by molar-refractivity contribution is -0.274. The van der Waals surface area contributed by atoms with Crippen LogP contribution in [0.4, 0.5) is 13.2 Å². The third-order valence-corrected chi connectivity index (χ3v) is 3.70. The second-order valence-corrected chi connectivity index (χ2v) is 5.41. The van der Waals surface area contributed by atoms with Gasteiger partial charge in [0.05, 0.1) is 0 Å². The van der Waals surface area contributed by atoms with Gasteiger partial charge in [-0.1, -0.05) is 6.07 Å². The van der Waals surface area contributed by atoms with Crippen LogP contribution in [0.1, 0.15) is 29.6 Å². The summed E-state index contributed by atoms with van der Waals surface area (Å²) >= 11 is 0. The van der Waals surface area contributed by atoms with E-state index in [4.69, 9.17) is 5.73 Å². The highest BCUT2D eigenvalue weighted by molar-refractivity contribution is 5.94. The van der Waals surface area contributed by atoms with Gasteiger partial charge in [-0.15, -0.1) is 13.2 Å². The number of piperidine rings is 1. The number of benzene rings is 1. The highest BCUT2D eigenvalue weighted by Gasteiger charge is 2.31. The Morgan fingerprint density at radius 3 is 2.86 bits per heavy atom. The minimum atomic E-state index is -4.76. The number of likely N-dealkylation sites (tertiary alicyclic amines) is 1. The van der Waals surface area contributed by atoms with Crippen LogP contribution in [0.15, 0.2) is 24.3 Å². The van der Waals surface area contributed by atoms with Crippen molar-refractivity contribution in [3.05, 3.63) is 29.8 Å². The molecule has 1 aromatic rings. The molecule has 1 heterocycles. The van der Waals surface area contributed by atoms with Crippen molar-refractivity contribution in [3.63, 3.8) is 0 Å². The summed E-state index contributed by atoms with van der Waals surface area (Å²) in [5.74, 6) is -0.291. The van der Waals surface area contributed by atoms with Crippen molar-refractivity contribution in [2.24, 2.45) is 11.7 Å². The molecule has 4 nitrogen and oxygen atoms in total. The largest absolute Gasteiger partial charge is 0.573 e. The van der Waals surface area contributed by atoms with Crippen molar-refractivity contribution in [2.45, 2.75) is 25.6 Å². The molecule has 0 radical (unpaired) electrons. The lowest BCUT2D eigenvalue weighted by Crippen LogP contribution is -2.40. The molecule has 1 fully saturated rings. The fraction of sp³-hybridized carbons (Fsp3) is 0.533. The Hall–Kier alpha value is -1.76. The van der Waals surface area contributed by atoms with Gasteiger partial charge in [-0.3, -0.25) is 4.79 Å². The van der Waals surface area contributed by atoms with Gasteiger partial charge in [-0.2, -0.15) is 0 Å². The van der Waals surface area contributed by atoms with Crippen molar-refractivity contribution < 1.29 is 22.7 Å². The van der Waals surface area contributed by atoms with Crippen LogP contribution in [0.5, 0.6) is 5.75 Å². The van der Waals surface area contributed by atoms with Gasteiger partial charge in [0.15, 0.2) is 0 Å². The van der Waals surface area contributed by atoms with Crippen LogP contribution in [-0.2, 0) is 0 Å². The first kappa shape index (κ1) is 16.6. The number of ether oxygens (including phenoxy) is 1. The van der Waals surface area contributed by atoms with Crippen LogP contribution in [0, 0.1) is 5.92 Å². The number of carbonyl (C=O) groups excluding carboxylic acids is 1. The summed E-state index contributed by atoms with van der Waals surface area (Å²) in [6, 6.07) is 5.19. The molecule has 0 spiro atoms. The van der Waals surface area contributed by atoms with E-state index in [0.29, 0.717) is 25.6 Å². The molecule has 7 heteroatoms. The van der Waals surface area contributed by atoms with Crippen molar-refractivity contribution in [2.75, 3.05) is 19.6 Å². The van der Waals surface area contributed by atoms with Crippen LogP contribution in [0.3, 0.4) is 0 Å². The van der Waals surface area contributed by atoms with Crippen molar-refractivity contribution in [1.29, 1.82) is 0 Å². The number of rotatable bonds is 4. The molecule has 1 amide bonds. The maximum absolute atomic E-state index is 12.4. The van der Waals surface area contributed by atoms with Gasteiger partial charge in [0.1, 0.15) is 5.75 Å². The summed E-state index contributed by atoms with van der Waals surface area (Å²) < 4.78 is 40.6. The third kappa shape index (κ3) is 4.62. The highest BCUT2D eigenvalue weighted by atomic mass is 19.4. The molecule has 1 aliphatic rings. The van der Waals surface area contributed by atoms with E-state index < -0.39 is 6.36 Å². The Labute approximate surface area is 127 Å². The molecule has 1 unspecified atom stereocenters. The third-order valence-electron chi connectivity index (χ3n) is 3.70. The van der Waals surface area contributed by atoms with Crippen molar-refractivity contribution >= 4 is 5.91 Å². The molecule has 0 aromatic heterocycles. The molecule has 2 N–H and O–H groups in total. The molecule has 0 saturated carbocycles. The smallest absolute Gasteiger partial charge is 0.406 e. The molecule has 2 rings (SSSR count). The Bertz CT molecular complexity index is 518. The molecular formula is C15H19F3N2O2. The number of amides is 1. The number of hydrogen-bond acceptors (Lipinski definition) is 3. The van der Waals surface area contributed by atoms with E-state index in [1.165, 1.54) is 18.2 Å². The van der Waals surface area contributed by atoms with Crippen LogP contribution in [0.2, 0.25) is 0 Å². The Kier molecular flexibility index (Phi) is 5.28. The van der Waals surface area contributed by atoms with E-state index in [2.05, 4.69) is 4.74 Å². The maximum Gasteiger partial charge on any atom is 0.573 e. The second kappa shape index (κ2) is 7.00. The predicted octanol–water partition coefficient (Wildman–Crippen LogP) is 2.79. The molecule has 122 valence electrons. The molecule has 1 atom stereocenters. The predicted molar refractivity (Wildman–Crippen MR) is 75.4 cm³/mol. The topological polar surface area (TPSA) is 55.6 Å². The van der Waals surface area contributed by atoms with E-state index in [1.807, 2.05) is 0 Å². The minimum Gasteiger partial charge on any atom is -0.406 e. The van der Waals surface area contributed by atoms with Crippen LogP contribution < -0.4 is 10.5 Å². The van der Waals surface area contributed by atoms with E-state index >= 15 is 0 Å². The van der Waals surface area contributed by atoms with Gasteiger partial charge >= 0.3 is 6.36 Å². The molecule has 0 bridgehead atoms. The zero-order valence-electron chi connectivity index (χ0n) is 12.1. The fourth-order valence-electron chi connectivity index (χ4n) is 2.73. The second-order valence-electron chi connectivity index (χ2n) is 5.41. The standard InChI is InChI=1S/C15H19F3N2O2/c16-15(17,18)22-13-5-1-4-12(9-13)14(21)20-8-2-3-11(10-20)6-7-19/h1,4-5,9,11H,2-3,6-8,10,19H2. The Morgan fingerprint density at radius 2 is 2.18 bits per heavy atom. The zero-order chi connectivity index (χ0) is 16.2. The van der Waals surface area contributed by atoms with E-state index in [0.717, 1.165) is 25.3 Å². The molecule has 1 saturated heterocycles. The Balaban J connectivity index is 2.07. The molecule has 22 heavy (non-hydrogen) atoms. The van der Waals surface area contributed by atoms with Gasteiger partial charge in [0.2, 0.25) is 0 Å². The first-order valence-corrected chi connectivity index (χ1v) is 7.24. The summed E-state index contributed by atoms with van der Waals surface area (Å²) in [6.45, 7) is 1.78. The number of halogens is 3. The summed E-state index contributed by atoms with van der Waals surface area (Å²) in [6.07, 6.45) is -2.01. The highest BCUT2D eigenvalue weighted by Crippen LogP contribution is 2.25. The lowest BCUT2D eigenvalue weighted by atomic mass is 9.94. The zero-order valence-corrected chi connectivity index (χ0v) is 12.1. The normalized spacial score (nSPS) is 19.1. The van der Waals surface area contributed by atoms with Crippen LogP contribution >= 0.6 is 0 Å². The average Bonchev–Trinajstić information content (AvgIpc) is 2.46. The monoisotopic (exact) mass is 316 g/mol. The maximum atomic E-state index is 12.4. The number of nitrogens with zero attached hydrogens (tertiary/aromatic N) is 1. The van der Waals surface area contributed by atoms with Crippen LogP contribution in [0.25, 0.3) is 0 Å². The summed E-state index contributed by atoms with van der Waals surface area (Å²) in [5, 5.41) is 0. The summed E-state index contributed by atoms with van der Waals surface area (Å²) in [7, 11) is 0. The summed E-state index contributed by atoms with van der Waals surface area (Å²) in [5.41, 5.74) is 5.75. The summed E-state index contributed by atoms with van der Waals surface area (Å²) in [4.78, 5) is 14.1. The first-order chi connectivity index (χ1) is 10.4. The van der Waals surface area contributed by atoms with E-state index in [-0.39, 0.29) is 17.2 Å². The van der Waals surface area contributed by atoms with Gasteiger partial charge in [0.25, 0.3) is 5.91 Å². The molecule has 0 aliphatic carbocycles. The molecule has 1 aliphatic heterocycles. The SMILES string of the molecule is NCCC1CCCN(C(=O)c2cccc(OC(F)(F)F)c2)C1. The van der Waals surface area contributed by atoms with E-state index in [9.17, 15) is 18.0 Å². The van der Waals surface area contributed by atoms with Gasteiger partial charge in [-0.25, -0.2) is 0 Å². The lowest BCUT2D eigenvalue weighted by Gasteiger charge is -2.32. The van der Waals surface area contributed by atoms with Gasteiger partial charge in [0, 0.05) is 18.7 Å². The van der Waals surface area contributed by atoms with Crippen LogP contribution in [-0.4, -0.2) is 36.8 Å². The van der Waals surface area contributed by atoms with E-state index in [1.54, 1.807) is 4.90 Å². The molecule has 1 aromatic carbocycles. The van der Waals surface area contributed by atoms with Crippen molar-refractivity contribution in [3.8, 4) is 5.75 Å². The first-order valence-electron chi connectivity index (χ1n) is 7.24. The number of nitrogens with two attached hydrogens (primary N) is 1. The molecular weight excluding hydrogens is 297 g/mol.